The molecular formula is C68H49N3O2. The van der Waals surface area contributed by atoms with Gasteiger partial charge in [-0.3, -0.25) is 0 Å². The summed E-state index contributed by atoms with van der Waals surface area (Å²) in [5, 5.41) is 9.90. The third kappa shape index (κ3) is 7.75. The molecule has 1 heterocycles. The summed E-state index contributed by atoms with van der Waals surface area (Å²) in [6.45, 7) is 0. The number of para-hydroxylation sites is 3. The highest BCUT2D eigenvalue weighted by atomic mass is 16.5. The van der Waals surface area contributed by atoms with Crippen molar-refractivity contribution in [2.24, 2.45) is 0 Å². The van der Waals surface area contributed by atoms with Crippen molar-refractivity contribution in [1.82, 2.24) is 4.57 Å². The molecular weight excluding hydrogens is 891 g/mol. The van der Waals surface area contributed by atoms with Crippen LogP contribution in [0.15, 0.2) is 261 Å². The zero-order valence-corrected chi connectivity index (χ0v) is 40.5. The van der Waals surface area contributed by atoms with E-state index >= 15 is 0 Å². The lowest BCUT2D eigenvalue weighted by molar-refractivity contribution is 0.414. The number of aromatic nitrogens is 1. The van der Waals surface area contributed by atoms with E-state index in [2.05, 4.69) is 251 Å². The van der Waals surface area contributed by atoms with E-state index in [1.165, 1.54) is 59.9 Å². The largest absolute Gasteiger partial charge is 0.497 e. The van der Waals surface area contributed by atoms with Crippen LogP contribution in [0.4, 0.5) is 34.1 Å². The third-order valence-electron chi connectivity index (χ3n) is 14.3. The summed E-state index contributed by atoms with van der Waals surface area (Å²) in [5.41, 5.74) is 14.3. The fourth-order valence-electron chi connectivity index (χ4n) is 10.8. The Labute approximate surface area is 424 Å². The second-order valence-electron chi connectivity index (χ2n) is 18.5. The first-order valence-electron chi connectivity index (χ1n) is 24.7. The smallest absolute Gasteiger partial charge is 0.119 e. The highest BCUT2D eigenvalue weighted by Gasteiger charge is 2.22. The van der Waals surface area contributed by atoms with E-state index < -0.39 is 0 Å². The molecule has 1 aromatic heterocycles. The van der Waals surface area contributed by atoms with E-state index in [9.17, 15) is 0 Å². The van der Waals surface area contributed by atoms with E-state index in [0.29, 0.717) is 0 Å². The average Bonchev–Trinajstić information content (AvgIpc) is 3.81. The van der Waals surface area contributed by atoms with Crippen molar-refractivity contribution in [3.05, 3.63) is 261 Å². The van der Waals surface area contributed by atoms with Crippen LogP contribution in [0.1, 0.15) is 0 Å². The molecule has 0 unspecified atom stereocenters. The first kappa shape index (κ1) is 43.4. The van der Waals surface area contributed by atoms with E-state index in [1.807, 2.05) is 24.3 Å². The predicted molar refractivity (Wildman–Crippen MR) is 307 cm³/mol. The van der Waals surface area contributed by atoms with E-state index in [1.54, 1.807) is 14.2 Å². The van der Waals surface area contributed by atoms with Crippen molar-refractivity contribution in [1.29, 1.82) is 0 Å². The molecule has 0 atom stereocenters. The summed E-state index contributed by atoms with van der Waals surface area (Å²) in [7, 11) is 3.41. The fourth-order valence-corrected chi connectivity index (χ4v) is 10.8. The molecule has 0 saturated carbocycles. The molecule has 13 aromatic rings. The molecule has 5 heteroatoms. The molecule has 0 spiro atoms. The Morgan fingerprint density at radius 2 is 0.726 bits per heavy atom. The molecule has 13 rings (SSSR count). The maximum atomic E-state index is 5.61. The van der Waals surface area contributed by atoms with Gasteiger partial charge in [-0.2, -0.15) is 0 Å². The van der Waals surface area contributed by atoms with Gasteiger partial charge in [-0.05, 0) is 177 Å². The van der Waals surface area contributed by atoms with Gasteiger partial charge in [-0.1, -0.05) is 133 Å². The fraction of sp³-hybridized carbons (Fsp3) is 0.0294. The minimum absolute atomic E-state index is 0.804. The zero-order chi connectivity index (χ0) is 48.8. The van der Waals surface area contributed by atoms with E-state index in [-0.39, 0.29) is 0 Å². The van der Waals surface area contributed by atoms with Crippen molar-refractivity contribution in [2.75, 3.05) is 24.0 Å². The Kier molecular flexibility index (Phi) is 10.9. The van der Waals surface area contributed by atoms with Crippen molar-refractivity contribution in [3.63, 3.8) is 0 Å². The van der Waals surface area contributed by atoms with Crippen LogP contribution in [0, 0.1) is 0 Å². The molecule has 0 aliphatic heterocycles. The Morgan fingerprint density at radius 3 is 1.26 bits per heavy atom. The summed E-state index contributed by atoms with van der Waals surface area (Å²) >= 11 is 0. The minimum atomic E-state index is 0.804. The second kappa shape index (κ2) is 18.3. The van der Waals surface area contributed by atoms with Crippen LogP contribution in [0.25, 0.3) is 82.1 Å². The maximum Gasteiger partial charge on any atom is 0.119 e. The molecule has 0 amide bonds. The number of hydrogen-bond acceptors (Lipinski definition) is 4. The van der Waals surface area contributed by atoms with Gasteiger partial charge in [0.25, 0.3) is 0 Å². The third-order valence-corrected chi connectivity index (χ3v) is 14.3. The summed E-state index contributed by atoms with van der Waals surface area (Å²) in [6, 6.07) is 93.8. The van der Waals surface area contributed by atoms with Gasteiger partial charge in [0.15, 0.2) is 0 Å². The van der Waals surface area contributed by atoms with E-state index in [0.717, 1.165) is 67.8 Å². The van der Waals surface area contributed by atoms with Crippen LogP contribution in [-0.4, -0.2) is 18.8 Å². The Bertz CT molecular complexity index is 4040. The van der Waals surface area contributed by atoms with Gasteiger partial charge in [0, 0.05) is 56.0 Å². The van der Waals surface area contributed by atoms with Gasteiger partial charge in [0.2, 0.25) is 0 Å². The lowest BCUT2D eigenvalue weighted by Gasteiger charge is -2.30. The lowest BCUT2D eigenvalue weighted by Crippen LogP contribution is -2.13. The molecule has 0 N–H and O–H groups in total. The monoisotopic (exact) mass is 939 g/mol. The van der Waals surface area contributed by atoms with Crippen molar-refractivity contribution >= 4 is 88.2 Å². The van der Waals surface area contributed by atoms with Gasteiger partial charge in [-0.25, -0.2) is 0 Å². The number of fused-ring (bicyclic) bond motifs is 9. The first-order valence-corrected chi connectivity index (χ1v) is 24.7. The van der Waals surface area contributed by atoms with Crippen molar-refractivity contribution in [3.8, 4) is 39.4 Å². The molecule has 12 aromatic carbocycles. The van der Waals surface area contributed by atoms with Crippen LogP contribution in [0.2, 0.25) is 0 Å². The van der Waals surface area contributed by atoms with E-state index in [4.69, 9.17) is 9.47 Å². The standard InChI is InChI=1S/C68H49N3O2/c1-72-59-35-31-55(32-36-59)69(52-16-6-3-7-17-52)57-42-51(43-58(45-57)70(53-18-8-4-9-19-53)56-33-37-60(73-2)38-34-56)49-29-28-46-40-48(27-26-47(46)41-49)50-30-39-66-65(44-50)67-63-24-14-12-22-61(63)62-23-13-15-25-64(62)68(67)71(66)54-20-10-5-11-21-54/h3-45H,1-2H3. The minimum Gasteiger partial charge on any atom is -0.497 e. The average molecular weight is 940 g/mol. The molecule has 5 nitrogen and oxygen atoms in total. The predicted octanol–water partition coefficient (Wildman–Crippen LogP) is 18.5. The lowest BCUT2D eigenvalue weighted by atomic mass is 9.94. The molecule has 0 bridgehead atoms. The highest BCUT2D eigenvalue weighted by Crippen LogP contribution is 2.46. The number of nitrogens with zero attached hydrogens (tertiary/aromatic N) is 3. The SMILES string of the molecule is COc1ccc(N(c2ccccc2)c2cc(-c3ccc4cc(-c5ccc6c(c5)c5c7ccccc7c7ccccc7c5n6-c5ccccc5)ccc4c3)cc(N(c3ccccc3)c3ccc(OC)cc3)c2)cc1. The van der Waals surface area contributed by atoms with Crippen LogP contribution in [0.3, 0.4) is 0 Å². The Balaban J connectivity index is 0.967. The molecule has 0 radical (unpaired) electrons. The number of methoxy groups -OCH3 is 2. The second-order valence-corrected chi connectivity index (χ2v) is 18.5. The van der Waals surface area contributed by atoms with Gasteiger partial charge >= 0.3 is 0 Å². The van der Waals surface area contributed by atoms with Crippen LogP contribution >= 0.6 is 0 Å². The van der Waals surface area contributed by atoms with Gasteiger partial charge in [0.05, 0.1) is 25.3 Å². The molecule has 0 saturated heterocycles. The van der Waals surface area contributed by atoms with Gasteiger partial charge < -0.3 is 23.8 Å². The Morgan fingerprint density at radius 1 is 0.301 bits per heavy atom. The topological polar surface area (TPSA) is 29.9 Å². The number of rotatable bonds is 11. The quantitative estimate of drug-likeness (QED) is 0.121. The van der Waals surface area contributed by atoms with Crippen LogP contribution in [0.5, 0.6) is 11.5 Å². The first-order chi connectivity index (χ1) is 36.1. The summed E-state index contributed by atoms with van der Waals surface area (Å²) in [6.07, 6.45) is 0. The number of hydrogen-bond donors (Lipinski definition) is 0. The highest BCUT2D eigenvalue weighted by molar-refractivity contribution is 6.32. The molecule has 73 heavy (non-hydrogen) atoms. The van der Waals surface area contributed by atoms with Crippen LogP contribution < -0.4 is 19.3 Å². The zero-order valence-electron chi connectivity index (χ0n) is 40.5. The van der Waals surface area contributed by atoms with Crippen LogP contribution in [-0.2, 0) is 0 Å². The number of ether oxygens (including phenoxy) is 2. The maximum absolute atomic E-state index is 5.61. The summed E-state index contributed by atoms with van der Waals surface area (Å²) < 4.78 is 13.7. The van der Waals surface area contributed by atoms with Crippen molar-refractivity contribution < 1.29 is 9.47 Å². The molecule has 0 aliphatic carbocycles. The summed E-state index contributed by atoms with van der Waals surface area (Å²) in [4.78, 5) is 4.63. The molecule has 0 aliphatic rings. The molecule has 0 fully saturated rings. The Hall–Kier alpha value is -9.58. The normalized spacial score (nSPS) is 11.4. The summed E-state index contributed by atoms with van der Waals surface area (Å²) in [5.74, 6) is 1.61. The van der Waals surface area contributed by atoms with Gasteiger partial charge in [0.1, 0.15) is 11.5 Å². The number of anilines is 6. The van der Waals surface area contributed by atoms with Crippen molar-refractivity contribution in [2.45, 2.75) is 0 Å². The number of benzene rings is 12. The molecule has 348 valence electrons. The van der Waals surface area contributed by atoms with Gasteiger partial charge in [-0.15, -0.1) is 0 Å².